The van der Waals surface area contributed by atoms with Crippen LogP contribution in [0.5, 0.6) is 5.75 Å². The van der Waals surface area contributed by atoms with E-state index < -0.39 is 17.7 Å². The van der Waals surface area contributed by atoms with Gasteiger partial charge < -0.3 is 9.84 Å². The lowest BCUT2D eigenvalue weighted by Gasteiger charge is -2.21. The summed E-state index contributed by atoms with van der Waals surface area (Å²) in [6.07, 6.45) is 0. The van der Waals surface area contributed by atoms with Gasteiger partial charge in [0.05, 0.1) is 22.9 Å². The molecule has 2 aromatic carbocycles. The Kier molecular flexibility index (Phi) is 5.03. The Morgan fingerprint density at radius 3 is 2.72 bits per heavy atom. The number of aliphatic hydroxyl groups excluding tert-OH is 1. The number of hydrogen-bond acceptors (Lipinski definition) is 7. The summed E-state index contributed by atoms with van der Waals surface area (Å²) in [5.41, 5.74) is 2.29. The highest BCUT2D eigenvalue weighted by molar-refractivity contribution is 7.22. The van der Waals surface area contributed by atoms with Crippen LogP contribution in [0.3, 0.4) is 0 Å². The van der Waals surface area contributed by atoms with E-state index >= 15 is 0 Å². The third-order valence-electron chi connectivity index (χ3n) is 5.34. The Bertz CT molecular complexity index is 1390. The molecule has 1 aliphatic rings. The summed E-state index contributed by atoms with van der Waals surface area (Å²) >= 11 is 2.77. The van der Waals surface area contributed by atoms with Crippen LogP contribution in [-0.2, 0) is 9.59 Å². The molecule has 2 aromatic heterocycles. The normalized spacial score (nSPS) is 17.9. The Balaban J connectivity index is 1.71. The molecule has 1 unspecified atom stereocenters. The molecule has 8 heteroatoms. The first-order valence-corrected chi connectivity index (χ1v) is 11.5. The van der Waals surface area contributed by atoms with Crippen LogP contribution >= 0.6 is 22.7 Å². The average Bonchev–Trinajstić information content (AvgIpc) is 3.52. The lowest BCUT2D eigenvalue weighted by atomic mass is 10.00. The van der Waals surface area contributed by atoms with Crippen LogP contribution < -0.4 is 9.64 Å². The molecule has 3 heterocycles. The van der Waals surface area contributed by atoms with Crippen molar-refractivity contribution in [1.82, 2.24) is 4.98 Å². The van der Waals surface area contributed by atoms with Crippen molar-refractivity contribution < 1.29 is 19.4 Å². The molecular weight excluding hydrogens is 444 g/mol. The van der Waals surface area contributed by atoms with Gasteiger partial charge in [-0.15, -0.1) is 11.3 Å². The fourth-order valence-electron chi connectivity index (χ4n) is 3.79. The van der Waals surface area contributed by atoms with E-state index in [0.29, 0.717) is 16.4 Å². The zero-order chi connectivity index (χ0) is 22.4. The molecule has 4 aromatic rings. The quantitative estimate of drug-likeness (QED) is 0.253. The minimum Gasteiger partial charge on any atom is -0.507 e. The van der Waals surface area contributed by atoms with Crippen LogP contribution in [0.1, 0.15) is 22.0 Å². The Morgan fingerprint density at radius 2 is 1.97 bits per heavy atom. The fraction of sp³-hybridized carbons (Fsp3) is 0.125. The van der Waals surface area contributed by atoms with Crippen LogP contribution in [0.2, 0.25) is 0 Å². The number of ketones is 1. The molecule has 0 saturated carbocycles. The Morgan fingerprint density at radius 1 is 1.12 bits per heavy atom. The number of aryl methyl sites for hydroxylation is 1. The zero-order valence-electron chi connectivity index (χ0n) is 17.2. The molecule has 1 saturated heterocycles. The van der Waals surface area contributed by atoms with Gasteiger partial charge in [0, 0.05) is 10.4 Å². The van der Waals surface area contributed by atoms with Crippen molar-refractivity contribution in [3.63, 3.8) is 0 Å². The molecule has 0 bridgehead atoms. The molecule has 1 atom stereocenters. The maximum absolute atomic E-state index is 13.2. The second-order valence-corrected chi connectivity index (χ2v) is 9.37. The number of rotatable bonds is 4. The number of Topliss-reactive ketones (excluding diaryl/α,β-unsaturated/α-hetero) is 1. The lowest BCUT2D eigenvalue weighted by Crippen LogP contribution is -2.28. The first-order chi connectivity index (χ1) is 15.5. The van der Waals surface area contributed by atoms with Gasteiger partial charge in [-0.05, 0) is 48.2 Å². The van der Waals surface area contributed by atoms with Crippen LogP contribution in [0, 0.1) is 6.92 Å². The Labute approximate surface area is 192 Å². The van der Waals surface area contributed by atoms with E-state index in [0.717, 1.165) is 20.7 Å². The van der Waals surface area contributed by atoms with Crippen LogP contribution in [-0.4, -0.2) is 28.9 Å². The number of methoxy groups -OCH3 is 1. The molecule has 0 radical (unpaired) electrons. The number of anilines is 1. The SMILES string of the molecule is COc1cccc(/C(O)=C2\C(=O)C(=O)N(c3nc4ccc(C)cc4s3)C2c2cccs2)c1. The van der Waals surface area contributed by atoms with Gasteiger partial charge in [0.15, 0.2) is 5.13 Å². The molecule has 0 spiro atoms. The van der Waals surface area contributed by atoms with E-state index in [1.54, 1.807) is 24.3 Å². The highest BCUT2D eigenvalue weighted by atomic mass is 32.1. The maximum Gasteiger partial charge on any atom is 0.301 e. The first kappa shape index (κ1) is 20.4. The van der Waals surface area contributed by atoms with Crippen molar-refractivity contribution in [2.45, 2.75) is 13.0 Å². The fourth-order valence-corrected chi connectivity index (χ4v) is 5.71. The molecule has 1 N–H and O–H groups in total. The first-order valence-electron chi connectivity index (χ1n) is 9.84. The van der Waals surface area contributed by atoms with Crippen LogP contribution in [0.15, 0.2) is 65.6 Å². The number of hydrogen-bond donors (Lipinski definition) is 1. The number of thiazole rings is 1. The number of aliphatic hydroxyl groups is 1. The summed E-state index contributed by atoms with van der Waals surface area (Å²) < 4.78 is 6.18. The number of benzene rings is 2. The van der Waals surface area contributed by atoms with Crippen molar-refractivity contribution >= 4 is 55.5 Å². The van der Waals surface area contributed by atoms with E-state index in [1.165, 1.54) is 34.7 Å². The number of aromatic nitrogens is 1. The van der Waals surface area contributed by atoms with Gasteiger partial charge in [-0.2, -0.15) is 0 Å². The molecule has 1 fully saturated rings. The highest BCUT2D eigenvalue weighted by Gasteiger charge is 2.48. The number of carbonyl (C=O) groups is 2. The smallest absolute Gasteiger partial charge is 0.301 e. The van der Waals surface area contributed by atoms with Crippen molar-refractivity contribution in [2.24, 2.45) is 0 Å². The van der Waals surface area contributed by atoms with Crippen molar-refractivity contribution in [1.29, 1.82) is 0 Å². The molecule has 1 aliphatic heterocycles. The molecule has 160 valence electrons. The van der Waals surface area contributed by atoms with E-state index in [2.05, 4.69) is 4.98 Å². The minimum atomic E-state index is -0.761. The summed E-state index contributed by atoms with van der Waals surface area (Å²) in [5.74, 6) is -1.14. The second-order valence-electron chi connectivity index (χ2n) is 7.38. The monoisotopic (exact) mass is 462 g/mol. The standard InChI is InChI=1S/C24H18N2O4S2/c1-13-8-9-16-18(11-13)32-24(25-16)26-20(17-7-4-10-31-17)19(22(28)23(26)29)21(27)14-5-3-6-15(12-14)30-2/h3-12,20,27H,1-2H3/b21-19+. The van der Waals surface area contributed by atoms with Gasteiger partial charge in [-0.3, -0.25) is 14.5 Å². The van der Waals surface area contributed by atoms with Crippen molar-refractivity contribution in [2.75, 3.05) is 12.0 Å². The molecule has 5 rings (SSSR count). The third kappa shape index (κ3) is 3.28. The summed E-state index contributed by atoms with van der Waals surface area (Å²) in [6.45, 7) is 1.99. The van der Waals surface area contributed by atoms with Crippen LogP contribution in [0.25, 0.3) is 16.0 Å². The van der Waals surface area contributed by atoms with Crippen LogP contribution in [0.4, 0.5) is 5.13 Å². The van der Waals surface area contributed by atoms with E-state index in [-0.39, 0.29) is 11.3 Å². The molecule has 6 nitrogen and oxygen atoms in total. The molecular formula is C24H18N2O4S2. The van der Waals surface area contributed by atoms with Gasteiger partial charge in [-0.1, -0.05) is 35.6 Å². The second kappa shape index (κ2) is 7.89. The molecule has 32 heavy (non-hydrogen) atoms. The van der Waals surface area contributed by atoms with Gasteiger partial charge in [-0.25, -0.2) is 4.98 Å². The van der Waals surface area contributed by atoms with E-state index in [4.69, 9.17) is 4.74 Å². The van der Waals surface area contributed by atoms with Gasteiger partial charge in [0.25, 0.3) is 5.78 Å². The van der Waals surface area contributed by atoms with Gasteiger partial charge >= 0.3 is 5.91 Å². The Hall–Kier alpha value is -3.49. The summed E-state index contributed by atoms with van der Waals surface area (Å²) in [4.78, 5) is 33.2. The number of amides is 1. The largest absolute Gasteiger partial charge is 0.507 e. The molecule has 1 amide bonds. The summed E-state index contributed by atoms with van der Waals surface area (Å²) in [6, 6.07) is 15.6. The summed E-state index contributed by atoms with van der Waals surface area (Å²) in [7, 11) is 1.53. The van der Waals surface area contributed by atoms with Gasteiger partial charge in [0.1, 0.15) is 17.6 Å². The maximum atomic E-state index is 13.2. The summed E-state index contributed by atoms with van der Waals surface area (Å²) in [5, 5.41) is 13.5. The minimum absolute atomic E-state index is 0.0427. The number of carbonyl (C=O) groups excluding carboxylic acids is 2. The topological polar surface area (TPSA) is 79.7 Å². The van der Waals surface area contributed by atoms with E-state index in [1.807, 2.05) is 42.6 Å². The van der Waals surface area contributed by atoms with Gasteiger partial charge in [0.2, 0.25) is 0 Å². The zero-order valence-corrected chi connectivity index (χ0v) is 18.9. The number of nitrogens with zero attached hydrogens (tertiary/aromatic N) is 2. The number of ether oxygens (including phenoxy) is 1. The van der Waals surface area contributed by atoms with Crippen molar-refractivity contribution in [3.8, 4) is 5.75 Å². The van der Waals surface area contributed by atoms with E-state index in [9.17, 15) is 14.7 Å². The van der Waals surface area contributed by atoms with Crippen molar-refractivity contribution in [3.05, 3.63) is 81.6 Å². The predicted molar refractivity (Wildman–Crippen MR) is 126 cm³/mol. The lowest BCUT2D eigenvalue weighted by molar-refractivity contribution is -0.132. The highest BCUT2D eigenvalue weighted by Crippen LogP contribution is 2.45. The third-order valence-corrected chi connectivity index (χ3v) is 7.28. The molecule has 0 aliphatic carbocycles. The average molecular weight is 463 g/mol. The number of thiophene rings is 1. The number of fused-ring (bicyclic) bond motifs is 1. The predicted octanol–water partition coefficient (Wildman–Crippen LogP) is 5.30.